The summed E-state index contributed by atoms with van der Waals surface area (Å²) in [4.78, 5) is 16.3. The summed E-state index contributed by atoms with van der Waals surface area (Å²) < 4.78 is 19.6. The van der Waals surface area contributed by atoms with Gasteiger partial charge in [-0.25, -0.2) is 9.07 Å². The molecule has 0 radical (unpaired) electrons. The number of nitrogens with one attached hydrogen (secondary N) is 1. The average molecular weight is 378 g/mol. The number of carbonyl (C=O) groups excluding carboxylic acids is 1. The van der Waals surface area contributed by atoms with E-state index in [1.807, 2.05) is 25.1 Å². The molecule has 4 aromatic rings. The van der Waals surface area contributed by atoms with Crippen molar-refractivity contribution in [3.8, 4) is 11.5 Å². The van der Waals surface area contributed by atoms with Gasteiger partial charge in [-0.1, -0.05) is 34.6 Å². The van der Waals surface area contributed by atoms with Crippen LogP contribution in [-0.2, 0) is 6.54 Å². The van der Waals surface area contributed by atoms with Crippen molar-refractivity contribution in [3.05, 3.63) is 77.6 Å². The van der Waals surface area contributed by atoms with Crippen molar-refractivity contribution in [2.24, 2.45) is 0 Å². The van der Waals surface area contributed by atoms with E-state index >= 15 is 0 Å². The van der Waals surface area contributed by atoms with Gasteiger partial charge in [-0.15, -0.1) is 5.10 Å². The normalized spacial score (nSPS) is 10.8. The Morgan fingerprint density at radius 3 is 2.82 bits per heavy atom. The minimum Gasteiger partial charge on any atom is -0.328 e. The van der Waals surface area contributed by atoms with Crippen molar-refractivity contribution in [1.29, 1.82) is 0 Å². The predicted molar refractivity (Wildman–Crippen MR) is 97.9 cm³/mol. The summed E-state index contributed by atoms with van der Waals surface area (Å²) in [5, 5.41) is 14.5. The summed E-state index contributed by atoms with van der Waals surface area (Å²) >= 11 is 0. The number of anilines is 1. The largest absolute Gasteiger partial charge is 0.328 e. The third-order valence-electron chi connectivity index (χ3n) is 3.92. The average Bonchev–Trinajstić information content (AvgIpc) is 3.33. The van der Waals surface area contributed by atoms with Gasteiger partial charge in [0.25, 0.3) is 0 Å². The fraction of sp³-hybridized carbons (Fsp3) is 0.105. The molecule has 0 spiro atoms. The number of rotatable bonds is 5. The van der Waals surface area contributed by atoms with E-state index in [4.69, 9.17) is 4.52 Å². The Labute approximate surface area is 159 Å². The molecular weight excluding hydrogens is 363 g/mol. The number of carbonyl (C=O) groups is 1. The molecule has 8 nitrogen and oxygen atoms in total. The molecule has 1 amide bonds. The minimum atomic E-state index is -0.511. The zero-order valence-corrected chi connectivity index (χ0v) is 14.8. The molecule has 0 saturated heterocycles. The van der Waals surface area contributed by atoms with Crippen LogP contribution >= 0.6 is 0 Å². The standard InChI is InChI=1S/C19H15FN6O2/c1-12-3-2-4-15(9-12)21-18(27)19-22-17(24-28-19)16-11-26(25-23-16)10-13-5-7-14(20)8-6-13/h2-9,11H,10H2,1H3,(H,21,27). The SMILES string of the molecule is Cc1cccc(NC(=O)c2nc(-c3cn(Cc4ccc(F)cc4)nn3)no2)c1. The highest BCUT2D eigenvalue weighted by Crippen LogP contribution is 2.15. The summed E-state index contributed by atoms with van der Waals surface area (Å²) in [6.07, 6.45) is 1.62. The Bertz CT molecular complexity index is 1120. The topological polar surface area (TPSA) is 98.7 Å². The van der Waals surface area contributed by atoms with Gasteiger partial charge >= 0.3 is 11.8 Å². The smallest absolute Gasteiger partial charge is 0.316 e. The Morgan fingerprint density at radius 2 is 2.04 bits per heavy atom. The molecule has 4 rings (SSSR count). The molecule has 140 valence electrons. The van der Waals surface area contributed by atoms with Gasteiger partial charge in [-0.05, 0) is 42.3 Å². The lowest BCUT2D eigenvalue weighted by Gasteiger charge is -2.02. The third-order valence-corrected chi connectivity index (χ3v) is 3.92. The van der Waals surface area contributed by atoms with Crippen LogP contribution in [-0.4, -0.2) is 31.0 Å². The zero-order chi connectivity index (χ0) is 19.5. The summed E-state index contributed by atoms with van der Waals surface area (Å²) in [5.74, 6) is -0.835. The quantitative estimate of drug-likeness (QED) is 0.573. The highest BCUT2D eigenvalue weighted by Gasteiger charge is 2.18. The van der Waals surface area contributed by atoms with E-state index in [0.29, 0.717) is 17.9 Å². The Kier molecular flexibility index (Phi) is 4.63. The number of halogens is 1. The number of hydrogen-bond donors (Lipinski definition) is 1. The van der Waals surface area contributed by atoms with Gasteiger partial charge in [-0.3, -0.25) is 4.79 Å². The number of nitrogens with zero attached hydrogens (tertiary/aromatic N) is 5. The second-order valence-electron chi connectivity index (χ2n) is 6.17. The van der Waals surface area contributed by atoms with E-state index in [2.05, 4.69) is 25.8 Å². The highest BCUT2D eigenvalue weighted by atomic mass is 19.1. The monoisotopic (exact) mass is 378 g/mol. The van der Waals surface area contributed by atoms with Crippen LogP contribution < -0.4 is 5.32 Å². The van der Waals surface area contributed by atoms with Crippen LogP contribution in [0.3, 0.4) is 0 Å². The molecule has 28 heavy (non-hydrogen) atoms. The first-order valence-corrected chi connectivity index (χ1v) is 8.43. The highest BCUT2D eigenvalue weighted by molar-refractivity contribution is 6.01. The molecule has 1 N–H and O–H groups in total. The number of aromatic nitrogens is 5. The van der Waals surface area contributed by atoms with E-state index in [1.54, 1.807) is 29.1 Å². The Hall–Kier alpha value is -3.88. The molecular formula is C19H15FN6O2. The molecule has 0 aliphatic rings. The summed E-state index contributed by atoms with van der Waals surface area (Å²) in [7, 11) is 0. The molecule has 0 atom stereocenters. The second kappa shape index (κ2) is 7.39. The van der Waals surface area contributed by atoms with E-state index in [-0.39, 0.29) is 17.5 Å². The molecule has 0 unspecified atom stereocenters. The maximum Gasteiger partial charge on any atom is 0.316 e. The summed E-state index contributed by atoms with van der Waals surface area (Å²) in [5.41, 5.74) is 2.88. The van der Waals surface area contributed by atoms with Gasteiger partial charge in [0.05, 0.1) is 12.7 Å². The van der Waals surface area contributed by atoms with Crippen LogP contribution in [0.1, 0.15) is 21.8 Å². The van der Waals surface area contributed by atoms with Crippen molar-refractivity contribution in [2.45, 2.75) is 13.5 Å². The van der Waals surface area contributed by atoms with Crippen molar-refractivity contribution in [2.75, 3.05) is 5.32 Å². The Balaban J connectivity index is 1.46. The van der Waals surface area contributed by atoms with Crippen LogP contribution in [0, 0.1) is 12.7 Å². The van der Waals surface area contributed by atoms with Gasteiger partial charge in [0.1, 0.15) is 5.82 Å². The zero-order valence-electron chi connectivity index (χ0n) is 14.8. The second-order valence-corrected chi connectivity index (χ2v) is 6.17. The maximum atomic E-state index is 13.0. The van der Waals surface area contributed by atoms with Crippen LogP contribution in [0.4, 0.5) is 10.1 Å². The summed E-state index contributed by atoms with van der Waals surface area (Å²) in [6.45, 7) is 2.33. The van der Waals surface area contributed by atoms with Gasteiger partial charge in [0.15, 0.2) is 5.69 Å². The van der Waals surface area contributed by atoms with E-state index in [9.17, 15) is 9.18 Å². The van der Waals surface area contributed by atoms with Crippen molar-refractivity contribution in [1.82, 2.24) is 25.1 Å². The van der Waals surface area contributed by atoms with Gasteiger partial charge in [-0.2, -0.15) is 4.98 Å². The number of benzene rings is 2. The lowest BCUT2D eigenvalue weighted by Crippen LogP contribution is -2.12. The van der Waals surface area contributed by atoms with Crippen molar-refractivity contribution in [3.63, 3.8) is 0 Å². The lowest BCUT2D eigenvalue weighted by molar-refractivity contribution is 0.0981. The van der Waals surface area contributed by atoms with Crippen LogP contribution in [0.2, 0.25) is 0 Å². The molecule has 0 aliphatic carbocycles. The lowest BCUT2D eigenvalue weighted by atomic mass is 10.2. The van der Waals surface area contributed by atoms with Crippen molar-refractivity contribution >= 4 is 11.6 Å². The van der Waals surface area contributed by atoms with E-state index < -0.39 is 5.91 Å². The molecule has 0 bridgehead atoms. The first-order chi connectivity index (χ1) is 13.6. The first kappa shape index (κ1) is 17.5. The van der Waals surface area contributed by atoms with Crippen LogP contribution in [0.25, 0.3) is 11.5 Å². The molecule has 2 heterocycles. The van der Waals surface area contributed by atoms with Gasteiger partial charge in [0.2, 0.25) is 5.82 Å². The number of hydrogen-bond acceptors (Lipinski definition) is 6. The molecule has 0 aliphatic heterocycles. The Morgan fingerprint density at radius 1 is 1.21 bits per heavy atom. The molecule has 9 heteroatoms. The van der Waals surface area contributed by atoms with Crippen molar-refractivity contribution < 1.29 is 13.7 Å². The van der Waals surface area contributed by atoms with Crippen LogP contribution in [0.5, 0.6) is 0 Å². The van der Waals surface area contributed by atoms with Crippen LogP contribution in [0.15, 0.2) is 59.3 Å². The van der Waals surface area contributed by atoms with Gasteiger partial charge < -0.3 is 9.84 Å². The van der Waals surface area contributed by atoms with Gasteiger partial charge in [0, 0.05) is 5.69 Å². The molecule has 0 saturated carbocycles. The molecule has 0 fully saturated rings. The fourth-order valence-corrected chi connectivity index (χ4v) is 2.58. The molecule has 2 aromatic heterocycles. The summed E-state index contributed by atoms with van der Waals surface area (Å²) in [6, 6.07) is 13.5. The molecule has 2 aromatic carbocycles. The predicted octanol–water partition coefficient (Wildman–Crippen LogP) is 3.08. The van der Waals surface area contributed by atoms with E-state index in [0.717, 1.165) is 11.1 Å². The fourth-order valence-electron chi connectivity index (χ4n) is 2.58. The maximum absolute atomic E-state index is 13.0. The number of amides is 1. The number of aryl methyl sites for hydroxylation is 1. The first-order valence-electron chi connectivity index (χ1n) is 8.43. The minimum absolute atomic E-state index is 0.153. The third kappa shape index (κ3) is 3.93. The van der Waals surface area contributed by atoms with E-state index in [1.165, 1.54) is 12.1 Å².